The van der Waals surface area contributed by atoms with Gasteiger partial charge in [-0.2, -0.15) is 0 Å². The highest BCUT2D eigenvalue weighted by atomic mass is 127. The Balaban J connectivity index is 3.28. The first kappa shape index (κ1) is 12.8. The average Bonchev–Trinajstić information content (AvgIpc) is 2.18. The summed E-state index contributed by atoms with van der Waals surface area (Å²) in [6.45, 7) is 0. The molecule has 1 unspecified atom stereocenters. The fraction of sp³-hybridized carbons (Fsp3) is 0. The number of nitrogens with zero attached hydrogens (tertiary/aromatic N) is 1. The molecule has 0 radical (unpaired) electrons. The summed E-state index contributed by atoms with van der Waals surface area (Å²) in [4.78, 5) is 10.2. The Bertz CT molecular complexity index is 415. The molecule has 0 saturated heterocycles. The minimum Gasteiger partial charge on any atom is -0.358 e. The molecule has 0 spiro atoms. The lowest BCUT2D eigenvalue weighted by Gasteiger charge is -2.07. The largest absolute Gasteiger partial charge is 0.358 e. The van der Waals surface area contributed by atoms with Crippen LogP contribution in [0.25, 0.3) is 0 Å². The van der Waals surface area contributed by atoms with Crippen molar-refractivity contribution in [2.75, 3.05) is 5.09 Å². The van der Waals surface area contributed by atoms with E-state index in [9.17, 15) is 10.1 Å². The van der Waals surface area contributed by atoms with Gasteiger partial charge in [0.15, 0.2) is 0 Å². The number of halogens is 2. The van der Waals surface area contributed by atoms with Crippen molar-refractivity contribution < 1.29 is 4.92 Å². The zero-order chi connectivity index (χ0) is 11.4. The topological polar surface area (TPSA) is 79.0 Å². The van der Waals surface area contributed by atoms with E-state index in [4.69, 9.17) is 5.41 Å². The molecule has 80 valence electrons. The van der Waals surface area contributed by atoms with Crippen LogP contribution >= 0.6 is 44.3 Å². The minimum atomic E-state index is -0.479. The van der Waals surface area contributed by atoms with Crippen molar-refractivity contribution in [1.82, 2.24) is 0 Å². The normalized spacial score (nSPS) is 10.5. The van der Waals surface area contributed by atoms with Gasteiger partial charge in [-0.25, -0.2) is 0 Å². The van der Waals surface area contributed by atoms with Crippen molar-refractivity contribution in [1.29, 1.82) is 5.41 Å². The van der Waals surface area contributed by atoms with Gasteiger partial charge >= 0.3 is 0 Å². The number of rotatable bonds is 4. The van der Waals surface area contributed by atoms with E-state index >= 15 is 0 Å². The average molecular weight is 402 g/mol. The molecule has 0 aliphatic rings. The van der Waals surface area contributed by atoms with Crippen LogP contribution in [0.3, 0.4) is 0 Å². The molecule has 1 rings (SSSR count). The summed E-state index contributed by atoms with van der Waals surface area (Å²) in [7, 11) is 0. The highest BCUT2D eigenvalue weighted by Crippen LogP contribution is 2.33. The molecule has 1 atom stereocenters. The lowest BCUT2D eigenvalue weighted by molar-refractivity contribution is -0.385. The number of benzene rings is 1. The van der Waals surface area contributed by atoms with Crippen LogP contribution in [0, 0.1) is 15.5 Å². The Labute approximate surface area is 109 Å². The van der Waals surface area contributed by atoms with E-state index in [1.54, 1.807) is 6.07 Å². The van der Waals surface area contributed by atoms with Gasteiger partial charge in [0.05, 0.1) is 9.40 Å². The molecule has 2 N–H and O–H groups in total. The molecule has 15 heavy (non-hydrogen) atoms. The maximum atomic E-state index is 10.6. The number of nitro groups is 1. The number of anilines is 1. The van der Waals surface area contributed by atoms with E-state index < -0.39 is 4.92 Å². The first-order valence-corrected chi connectivity index (χ1v) is 8.61. The van der Waals surface area contributed by atoms with E-state index in [1.807, 2.05) is 0 Å². The van der Waals surface area contributed by atoms with E-state index in [-0.39, 0.29) is 5.69 Å². The number of hydrogen-bond donors (Lipinski definition) is 2. The molecule has 5 nitrogen and oxygen atoms in total. The van der Waals surface area contributed by atoms with Crippen LogP contribution in [0.1, 0.15) is 5.56 Å². The predicted molar refractivity (Wildman–Crippen MR) is 74.6 cm³/mol. The summed E-state index contributed by atoms with van der Waals surface area (Å²) in [6.07, 6.45) is 1.54. The fourth-order valence-corrected chi connectivity index (χ4v) is 2.67. The third-order valence-electron chi connectivity index (χ3n) is 1.65. The summed E-state index contributed by atoms with van der Waals surface area (Å²) in [5, 5.41) is 20.9. The molecule has 0 aromatic heterocycles. The first-order chi connectivity index (χ1) is 7.10. The summed E-state index contributed by atoms with van der Waals surface area (Å²) in [5.74, 6) is 0. The molecular weight excluding hydrogens is 396 g/mol. The van der Waals surface area contributed by atoms with Crippen LogP contribution in [0.4, 0.5) is 11.4 Å². The monoisotopic (exact) mass is 401 g/mol. The lowest BCUT2D eigenvalue weighted by Crippen LogP contribution is -1.95. The van der Waals surface area contributed by atoms with Gasteiger partial charge in [0, 0.05) is 29.9 Å². The molecular formula is C7H6BrIN3O2P. The van der Waals surface area contributed by atoms with Gasteiger partial charge in [0.25, 0.3) is 5.69 Å². The molecule has 0 fully saturated rings. The minimum absolute atomic E-state index is 0.0316. The molecule has 0 saturated carbocycles. The van der Waals surface area contributed by atoms with Crippen LogP contribution in [-0.2, 0) is 0 Å². The molecule has 1 aromatic carbocycles. The van der Waals surface area contributed by atoms with E-state index in [0.717, 1.165) is 11.9 Å². The Morgan fingerprint density at radius 2 is 2.33 bits per heavy atom. The highest BCUT2D eigenvalue weighted by molar-refractivity contribution is 14.2. The second-order valence-electron chi connectivity index (χ2n) is 2.51. The van der Waals surface area contributed by atoms with Gasteiger partial charge in [-0.3, -0.25) is 10.1 Å². The molecule has 0 heterocycles. The van der Waals surface area contributed by atoms with Crippen molar-refractivity contribution in [2.45, 2.75) is 0 Å². The van der Waals surface area contributed by atoms with Crippen LogP contribution in [0.5, 0.6) is 0 Å². The smallest absolute Gasteiger partial charge is 0.284 e. The van der Waals surface area contributed by atoms with E-state index in [0.29, 0.717) is 16.4 Å². The maximum absolute atomic E-state index is 10.6. The molecule has 1 aromatic rings. The van der Waals surface area contributed by atoms with E-state index in [1.165, 1.54) is 6.07 Å². The second kappa shape index (κ2) is 5.72. The van der Waals surface area contributed by atoms with Crippen LogP contribution in [0.15, 0.2) is 16.6 Å². The molecule has 0 amide bonds. The lowest BCUT2D eigenvalue weighted by atomic mass is 10.2. The van der Waals surface area contributed by atoms with Gasteiger partial charge in [0.1, 0.15) is 0 Å². The van der Waals surface area contributed by atoms with Gasteiger partial charge in [-0.15, -0.1) is 0 Å². The van der Waals surface area contributed by atoms with Crippen LogP contribution in [0.2, 0.25) is 0 Å². The summed E-state index contributed by atoms with van der Waals surface area (Å²) < 4.78 is 0.412. The SMILES string of the molecule is N=Cc1cc([N+](=O)[O-])c(Br)cc1NPI. The Kier molecular flexibility index (Phi) is 4.88. The Morgan fingerprint density at radius 1 is 1.67 bits per heavy atom. The summed E-state index contributed by atoms with van der Waals surface area (Å²) in [5.41, 5.74) is 1.19. The van der Waals surface area contributed by atoms with Gasteiger partial charge in [-0.1, -0.05) is 0 Å². The molecule has 8 heteroatoms. The summed E-state index contributed by atoms with van der Waals surface area (Å²) >= 11 is 5.27. The quantitative estimate of drug-likeness (QED) is 0.265. The summed E-state index contributed by atoms with van der Waals surface area (Å²) in [6, 6.07) is 2.99. The Morgan fingerprint density at radius 3 is 2.80 bits per heavy atom. The van der Waals surface area contributed by atoms with Gasteiger partial charge in [-0.05, 0) is 44.0 Å². The zero-order valence-electron chi connectivity index (χ0n) is 7.25. The predicted octanol–water partition coefficient (Wildman–Crippen LogP) is 3.71. The van der Waals surface area contributed by atoms with E-state index in [2.05, 4.69) is 43.1 Å². The van der Waals surface area contributed by atoms with Crippen molar-refractivity contribution in [2.24, 2.45) is 0 Å². The van der Waals surface area contributed by atoms with Crippen molar-refractivity contribution >= 4 is 61.9 Å². The van der Waals surface area contributed by atoms with Gasteiger partial charge in [0.2, 0.25) is 0 Å². The third kappa shape index (κ3) is 3.09. The number of nitrogens with one attached hydrogen (secondary N) is 2. The highest BCUT2D eigenvalue weighted by Gasteiger charge is 2.15. The fourth-order valence-electron chi connectivity index (χ4n) is 0.996. The molecule has 0 aliphatic heterocycles. The van der Waals surface area contributed by atoms with Crippen molar-refractivity contribution in [3.05, 3.63) is 32.3 Å². The first-order valence-electron chi connectivity index (χ1n) is 3.70. The van der Waals surface area contributed by atoms with Crippen LogP contribution < -0.4 is 5.09 Å². The van der Waals surface area contributed by atoms with Crippen molar-refractivity contribution in [3.8, 4) is 0 Å². The second-order valence-corrected chi connectivity index (χ2v) is 5.42. The molecule has 0 aliphatic carbocycles. The standard InChI is InChI=1S/C7H6BrIN3O2P/c8-5-2-6(11-15-9)4(3-10)1-7(5)12(13)14/h1-3,10-11,15H. The third-order valence-corrected chi connectivity index (χ3v) is 3.46. The van der Waals surface area contributed by atoms with Crippen molar-refractivity contribution in [3.63, 3.8) is 0 Å². The maximum Gasteiger partial charge on any atom is 0.284 e. The zero-order valence-corrected chi connectivity index (χ0v) is 12.0. The molecule has 0 bridgehead atoms. The van der Waals surface area contributed by atoms with Crippen LogP contribution in [-0.4, -0.2) is 11.1 Å². The Hall–Kier alpha value is -0.270. The number of nitro benzene ring substituents is 1. The number of hydrogen-bond acceptors (Lipinski definition) is 4. The van der Waals surface area contributed by atoms with Gasteiger partial charge < -0.3 is 10.5 Å².